The molecule has 0 fully saturated rings. The Morgan fingerprint density at radius 2 is 1.38 bits per heavy atom. The van der Waals surface area contributed by atoms with E-state index < -0.39 is 23.3 Å². The molecule has 13 heteroatoms. The Bertz CT molecular complexity index is 1590. The number of aromatic nitrogens is 3. The van der Waals surface area contributed by atoms with Gasteiger partial charge in [-0.1, -0.05) is 13.3 Å². The number of unbranched alkanes of at least 4 members (excludes halogenated alkanes) is 1. The number of hydrogen-bond acceptors (Lipinski definition) is 10. The smallest absolute Gasteiger partial charge is 0.419 e. The molecular weight excluding hydrogens is 628 g/mol. The number of carbonyl (C=O) groups excluding carboxylic acids is 1. The van der Waals surface area contributed by atoms with Crippen LogP contribution in [-0.2, 0) is 28.4 Å². The first-order valence-electron chi connectivity index (χ1n) is 16.2. The summed E-state index contributed by atoms with van der Waals surface area (Å²) in [5.41, 5.74) is -0.0606. The average Bonchev–Trinajstić information content (AvgIpc) is 3.40. The summed E-state index contributed by atoms with van der Waals surface area (Å²) in [6.45, 7) is 12.5. The molecule has 11 nitrogen and oxygen atoms in total. The SMILES string of the molecule is CCCCOCCOCCOCCOCCOCCOc1ccc(-c2cc3c(c(F)c2F)c2cnccc2n3C(=O)OC(C)(C)C)cn1. The Morgan fingerprint density at radius 1 is 0.771 bits per heavy atom. The maximum Gasteiger partial charge on any atom is 0.419 e. The highest BCUT2D eigenvalue weighted by Gasteiger charge is 2.27. The van der Waals surface area contributed by atoms with Gasteiger partial charge < -0.3 is 33.2 Å². The lowest BCUT2D eigenvalue weighted by Crippen LogP contribution is -2.27. The predicted molar refractivity (Wildman–Crippen MR) is 177 cm³/mol. The number of nitrogens with zero attached hydrogens (tertiary/aromatic N) is 3. The van der Waals surface area contributed by atoms with Crippen molar-refractivity contribution in [2.75, 3.05) is 72.7 Å². The Balaban J connectivity index is 1.20. The zero-order valence-corrected chi connectivity index (χ0v) is 28.1. The van der Waals surface area contributed by atoms with Gasteiger partial charge in [-0.05, 0) is 45.4 Å². The third-order valence-corrected chi connectivity index (χ3v) is 6.97. The summed E-state index contributed by atoms with van der Waals surface area (Å²) in [5.74, 6) is -1.87. The van der Waals surface area contributed by atoms with Crippen molar-refractivity contribution in [1.82, 2.24) is 14.5 Å². The zero-order chi connectivity index (χ0) is 34.4. The number of benzene rings is 1. The Morgan fingerprint density at radius 3 is 1.94 bits per heavy atom. The van der Waals surface area contributed by atoms with Gasteiger partial charge in [-0.15, -0.1) is 0 Å². The van der Waals surface area contributed by atoms with Crippen LogP contribution in [0.5, 0.6) is 5.88 Å². The molecule has 3 heterocycles. The summed E-state index contributed by atoms with van der Waals surface area (Å²) >= 11 is 0. The highest BCUT2D eigenvalue weighted by Crippen LogP contribution is 2.37. The summed E-state index contributed by atoms with van der Waals surface area (Å²) in [5, 5.41) is 0.236. The van der Waals surface area contributed by atoms with Gasteiger partial charge in [-0.2, -0.15) is 0 Å². The topological polar surface area (TPSA) is 112 Å². The van der Waals surface area contributed by atoms with E-state index in [-0.39, 0.29) is 23.1 Å². The molecule has 0 bridgehead atoms. The van der Waals surface area contributed by atoms with Gasteiger partial charge in [0.1, 0.15) is 12.2 Å². The van der Waals surface area contributed by atoms with Crippen LogP contribution in [0.25, 0.3) is 32.9 Å². The predicted octanol–water partition coefficient (Wildman–Crippen LogP) is 6.57. The second-order valence-corrected chi connectivity index (χ2v) is 11.8. The molecule has 0 atom stereocenters. The molecule has 0 aliphatic rings. The van der Waals surface area contributed by atoms with Crippen molar-refractivity contribution >= 4 is 27.9 Å². The van der Waals surface area contributed by atoms with E-state index in [9.17, 15) is 4.79 Å². The molecule has 4 rings (SSSR count). The first-order chi connectivity index (χ1) is 23.2. The number of rotatable bonds is 20. The second kappa shape index (κ2) is 18.7. The van der Waals surface area contributed by atoms with E-state index in [0.717, 1.165) is 19.4 Å². The van der Waals surface area contributed by atoms with Crippen LogP contribution in [0.1, 0.15) is 40.5 Å². The summed E-state index contributed by atoms with van der Waals surface area (Å²) in [6.07, 6.45) is 5.72. The summed E-state index contributed by atoms with van der Waals surface area (Å²) in [6, 6.07) is 6.10. The summed E-state index contributed by atoms with van der Waals surface area (Å²) in [7, 11) is 0. The van der Waals surface area contributed by atoms with E-state index in [4.69, 9.17) is 33.2 Å². The highest BCUT2D eigenvalue weighted by molar-refractivity contribution is 6.13. The maximum absolute atomic E-state index is 15.6. The number of pyridine rings is 2. The van der Waals surface area contributed by atoms with Crippen LogP contribution < -0.4 is 4.74 Å². The van der Waals surface area contributed by atoms with E-state index in [1.54, 1.807) is 39.0 Å². The molecular formula is C35H45F2N3O8. The van der Waals surface area contributed by atoms with E-state index in [1.807, 2.05) is 0 Å². The van der Waals surface area contributed by atoms with Crippen LogP contribution in [0.3, 0.4) is 0 Å². The van der Waals surface area contributed by atoms with E-state index in [2.05, 4.69) is 16.9 Å². The standard InChI is InChI=1S/C35H45F2N3O8/c1-5-6-11-42-12-13-43-14-15-44-16-17-45-18-19-46-20-21-47-30-8-7-25(23-39-30)26-22-29-31(33(37)32(26)36)27-24-38-10-9-28(27)40(29)34(41)48-35(2,3)4/h7-10,22-24H,5-6,11-21H2,1-4H3. The minimum absolute atomic E-state index is 0.0581. The largest absolute Gasteiger partial charge is 0.475 e. The van der Waals surface area contributed by atoms with E-state index >= 15 is 8.78 Å². The van der Waals surface area contributed by atoms with Crippen molar-refractivity contribution in [2.24, 2.45) is 0 Å². The fourth-order valence-corrected chi connectivity index (χ4v) is 4.72. The van der Waals surface area contributed by atoms with Gasteiger partial charge in [0.15, 0.2) is 11.6 Å². The Labute approximate surface area is 279 Å². The molecule has 4 aromatic rings. The Kier molecular flexibility index (Phi) is 14.4. The van der Waals surface area contributed by atoms with Gasteiger partial charge in [0.2, 0.25) is 5.88 Å². The average molecular weight is 674 g/mol. The lowest BCUT2D eigenvalue weighted by atomic mass is 10.0. The van der Waals surface area contributed by atoms with E-state index in [1.165, 1.54) is 29.2 Å². The van der Waals surface area contributed by atoms with Crippen molar-refractivity contribution < 1.29 is 46.7 Å². The quantitative estimate of drug-likeness (QED) is 0.0955. The number of carbonyl (C=O) groups is 1. The fraction of sp³-hybridized carbons (Fsp3) is 0.514. The molecule has 0 aliphatic carbocycles. The second-order valence-electron chi connectivity index (χ2n) is 11.8. The molecule has 0 spiro atoms. The third kappa shape index (κ3) is 10.6. The number of hydrogen-bond donors (Lipinski definition) is 0. The van der Waals surface area contributed by atoms with Crippen LogP contribution in [0.15, 0.2) is 42.9 Å². The van der Waals surface area contributed by atoms with Crippen molar-refractivity contribution in [3.05, 3.63) is 54.5 Å². The number of halogens is 2. The molecule has 262 valence electrons. The van der Waals surface area contributed by atoms with Crippen molar-refractivity contribution in [3.8, 4) is 17.0 Å². The van der Waals surface area contributed by atoms with Gasteiger partial charge in [0.05, 0.1) is 70.5 Å². The first kappa shape index (κ1) is 37.1. The fourth-order valence-electron chi connectivity index (χ4n) is 4.72. The minimum Gasteiger partial charge on any atom is -0.475 e. The molecule has 0 amide bonds. The van der Waals surface area contributed by atoms with Crippen LogP contribution in [0, 0.1) is 11.6 Å². The number of fused-ring (bicyclic) bond motifs is 3. The molecule has 3 aromatic heterocycles. The molecule has 0 N–H and O–H groups in total. The van der Waals surface area contributed by atoms with Crippen LogP contribution in [-0.4, -0.2) is 98.9 Å². The van der Waals surface area contributed by atoms with Gasteiger partial charge in [-0.3, -0.25) is 4.98 Å². The third-order valence-electron chi connectivity index (χ3n) is 6.97. The normalized spacial score (nSPS) is 11.9. The number of ether oxygens (including phenoxy) is 7. The molecule has 0 aliphatic heterocycles. The Hall–Kier alpha value is -3.75. The first-order valence-corrected chi connectivity index (χ1v) is 16.2. The van der Waals surface area contributed by atoms with Crippen LogP contribution >= 0.6 is 0 Å². The summed E-state index contributed by atoms with van der Waals surface area (Å²) in [4.78, 5) is 21.5. The molecule has 0 saturated carbocycles. The molecule has 0 unspecified atom stereocenters. The van der Waals surface area contributed by atoms with Crippen molar-refractivity contribution in [2.45, 2.75) is 46.1 Å². The highest BCUT2D eigenvalue weighted by atomic mass is 19.2. The van der Waals surface area contributed by atoms with Gasteiger partial charge >= 0.3 is 6.09 Å². The zero-order valence-electron chi connectivity index (χ0n) is 28.1. The van der Waals surface area contributed by atoms with Gasteiger partial charge in [0, 0.05) is 53.2 Å². The molecule has 1 aromatic carbocycles. The monoisotopic (exact) mass is 673 g/mol. The minimum atomic E-state index is -1.10. The van der Waals surface area contributed by atoms with Crippen molar-refractivity contribution in [3.63, 3.8) is 0 Å². The molecule has 0 radical (unpaired) electrons. The van der Waals surface area contributed by atoms with Crippen LogP contribution in [0.2, 0.25) is 0 Å². The van der Waals surface area contributed by atoms with Crippen LogP contribution in [0.4, 0.5) is 13.6 Å². The molecule has 0 saturated heterocycles. The van der Waals surface area contributed by atoms with Crippen molar-refractivity contribution in [1.29, 1.82) is 0 Å². The van der Waals surface area contributed by atoms with E-state index in [0.29, 0.717) is 81.8 Å². The lowest BCUT2D eigenvalue weighted by Gasteiger charge is -2.20. The lowest BCUT2D eigenvalue weighted by molar-refractivity contribution is -0.0128. The molecule has 48 heavy (non-hydrogen) atoms. The van der Waals surface area contributed by atoms with Gasteiger partial charge in [-0.25, -0.2) is 23.1 Å². The summed E-state index contributed by atoms with van der Waals surface area (Å²) < 4.78 is 70.8. The maximum atomic E-state index is 15.6. The van der Waals surface area contributed by atoms with Gasteiger partial charge in [0.25, 0.3) is 0 Å².